The summed E-state index contributed by atoms with van der Waals surface area (Å²) >= 11 is 0. The van der Waals surface area contributed by atoms with Crippen LogP contribution in [0.2, 0.25) is 0 Å². The molecule has 1 aromatic carbocycles. The fourth-order valence-electron chi connectivity index (χ4n) is 5.54. The number of aliphatic hydroxyl groups is 2. The monoisotopic (exact) mass is 386 g/mol. The van der Waals surface area contributed by atoms with E-state index in [0.717, 1.165) is 18.4 Å². The minimum absolute atomic E-state index is 0.170. The Labute approximate surface area is 168 Å². The van der Waals surface area contributed by atoms with Crippen molar-refractivity contribution in [3.63, 3.8) is 0 Å². The number of ether oxygens (including phenoxy) is 1. The summed E-state index contributed by atoms with van der Waals surface area (Å²) in [6, 6.07) is 9.64. The molecule has 0 bridgehead atoms. The Bertz CT molecular complexity index is 709. The smallest absolute Gasteiger partial charge is 0.331 e. The van der Waals surface area contributed by atoms with E-state index in [9.17, 15) is 15.0 Å². The quantitative estimate of drug-likeness (QED) is 0.601. The SMILES string of the molecule is CC(C)C1CCC2(C)C(O)CCC(C)(O)C2C1OC(=O)C=Cc1ccccc1. The van der Waals surface area contributed by atoms with Crippen molar-refractivity contribution in [2.45, 2.75) is 71.2 Å². The highest BCUT2D eigenvalue weighted by atomic mass is 16.5. The molecule has 6 unspecified atom stereocenters. The lowest BCUT2D eigenvalue weighted by atomic mass is 9.50. The van der Waals surface area contributed by atoms with Crippen molar-refractivity contribution in [3.8, 4) is 0 Å². The van der Waals surface area contributed by atoms with Gasteiger partial charge in [0, 0.05) is 17.4 Å². The number of benzene rings is 1. The summed E-state index contributed by atoms with van der Waals surface area (Å²) in [5, 5.41) is 22.0. The Morgan fingerprint density at radius 1 is 1.18 bits per heavy atom. The van der Waals surface area contributed by atoms with Crippen molar-refractivity contribution >= 4 is 12.0 Å². The number of fused-ring (bicyclic) bond motifs is 1. The normalized spacial score (nSPS) is 38.4. The molecule has 0 aromatic heterocycles. The first-order valence-electron chi connectivity index (χ1n) is 10.5. The molecule has 4 heteroatoms. The molecule has 6 atom stereocenters. The molecule has 0 radical (unpaired) electrons. The molecule has 0 saturated heterocycles. The van der Waals surface area contributed by atoms with Crippen molar-refractivity contribution in [1.29, 1.82) is 0 Å². The molecule has 0 heterocycles. The average molecular weight is 387 g/mol. The van der Waals surface area contributed by atoms with Gasteiger partial charge in [0.25, 0.3) is 0 Å². The van der Waals surface area contributed by atoms with Crippen LogP contribution in [0.4, 0.5) is 0 Å². The molecule has 4 nitrogen and oxygen atoms in total. The third kappa shape index (κ3) is 4.04. The molecule has 0 amide bonds. The maximum absolute atomic E-state index is 12.7. The first kappa shape index (κ1) is 21.1. The number of hydrogen-bond donors (Lipinski definition) is 2. The van der Waals surface area contributed by atoms with Crippen LogP contribution in [0.15, 0.2) is 36.4 Å². The van der Waals surface area contributed by atoms with Gasteiger partial charge in [-0.25, -0.2) is 4.79 Å². The Balaban J connectivity index is 1.87. The Hall–Kier alpha value is -1.65. The maximum Gasteiger partial charge on any atom is 0.331 e. The van der Waals surface area contributed by atoms with Crippen LogP contribution >= 0.6 is 0 Å². The second-order valence-electron chi connectivity index (χ2n) is 9.49. The van der Waals surface area contributed by atoms with Gasteiger partial charge >= 0.3 is 5.97 Å². The highest BCUT2D eigenvalue weighted by Gasteiger charge is 2.60. The van der Waals surface area contributed by atoms with Crippen LogP contribution in [0.1, 0.15) is 58.9 Å². The summed E-state index contributed by atoms with van der Waals surface area (Å²) in [6.45, 7) is 8.17. The fourth-order valence-corrected chi connectivity index (χ4v) is 5.54. The highest BCUT2D eigenvalue weighted by Crippen LogP contribution is 2.57. The van der Waals surface area contributed by atoms with E-state index in [1.807, 2.05) is 44.2 Å². The van der Waals surface area contributed by atoms with Crippen molar-refractivity contribution in [2.24, 2.45) is 23.2 Å². The van der Waals surface area contributed by atoms with Crippen LogP contribution in [0.5, 0.6) is 0 Å². The van der Waals surface area contributed by atoms with E-state index in [4.69, 9.17) is 4.74 Å². The predicted molar refractivity (Wildman–Crippen MR) is 110 cm³/mol. The average Bonchev–Trinajstić information content (AvgIpc) is 2.64. The van der Waals surface area contributed by atoms with Crippen LogP contribution < -0.4 is 0 Å². The van der Waals surface area contributed by atoms with Gasteiger partial charge in [-0.2, -0.15) is 0 Å². The Morgan fingerprint density at radius 2 is 1.86 bits per heavy atom. The minimum atomic E-state index is -0.963. The van der Waals surface area contributed by atoms with Crippen LogP contribution in [-0.2, 0) is 9.53 Å². The summed E-state index contributed by atoms with van der Waals surface area (Å²) in [6.07, 6.45) is 5.16. The summed E-state index contributed by atoms with van der Waals surface area (Å²) in [5.41, 5.74) is -0.468. The minimum Gasteiger partial charge on any atom is -0.458 e. The number of carbonyl (C=O) groups is 1. The number of esters is 1. The Kier molecular flexibility index (Phi) is 6.02. The van der Waals surface area contributed by atoms with Gasteiger partial charge < -0.3 is 14.9 Å². The zero-order valence-corrected chi connectivity index (χ0v) is 17.5. The van der Waals surface area contributed by atoms with Crippen LogP contribution in [0.3, 0.4) is 0 Å². The third-order valence-electron chi connectivity index (χ3n) is 7.15. The van der Waals surface area contributed by atoms with E-state index < -0.39 is 23.2 Å². The van der Waals surface area contributed by atoms with E-state index in [-0.39, 0.29) is 17.8 Å². The van der Waals surface area contributed by atoms with Crippen molar-refractivity contribution < 1.29 is 19.7 Å². The summed E-state index contributed by atoms with van der Waals surface area (Å²) in [7, 11) is 0. The highest BCUT2D eigenvalue weighted by molar-refractivity contribution is 5.87. The molecule has 2 aliphatic carbocycles. The molecule has 2 fully saturated rings. The molecule has 2 saturated carbocycles. The molecule has 0 spiro atoms. The zero-order chi connectivity index (χ0) is 20.5. The first-order chi connectivity index (χ1) is 13.1. The molecule has 3 rings (SSSR count). The standard InChI is InChI=1S/C24H34O4/c1-16(2)18-12-14-23(3)19(25)13-15-24(4,27)22(23)21(18)28-20(26)11-10-17-8-6-5-7-9-17/h5-11,16,18-19,21-22,25,27H,12-15H2,1-4H3. The molecular formula is C24H34O4. The van der Waals surface area contributed by atoms with Crippen LogP contribution in [0.25, 0.3) is 6.08 Å². The first-order valence-corrected chi connectivity index (χ1v) is 10.5. The zero-order valence-electron chi connectivity index (χ0n) is 17.5. The van der Waals surface area contributed by atoms with Gasteiger partial charge in [-0.1, -0.05) is 51.1 Å². The van der Waals surface area contributed by atoms with Gasteiger partial charge in [-0.3, -0.25) is 0 Å². The lowest BCUT2D eigenvalue weighted by Crippen LogP contribution is -2.64. The fraction of sp³-hybridized carbons (Fsp3) is 0.625. The molecule has 0 aliphatic heterocycles. The van der Waals surface area contributed by atoms with Crippen LogP contribution in [0, 0.1) is 23.2 Å². The number of aliphatic hydroxyl groups excluding tert-OH is 1. The second kappa shape index (κ2) is 8.00. The van der Waals surface area contributed by atoms with Crippen molar-refractivity contribution in [3.05, 3.63) is 42.0 Å². The predicted octanol–water partition coefficient (Wildman–Crippen LogP) is 4.21. The van der Waals surface area contributed by atoms with Gasteiger partial charge in [0.2, 0.25) is 0 Å². The maximum atomic E-state index is 12.7. The third-order valence-corrected chi connectivity index (χ3v) is 7.15. The van der Waals surface area contributed by atoms with Gasteiger partial charge in [0.1, 0.15) is 6.10 Å². The van der Waals surface area contributed by atoms with Gasteiger partial charge in [0.15, 0.2) is 0 Å². The molecule has 28 heavy (non-hydrogen) atoms. The summed E-state index contributed by atoms with van der Waals surface area (Å²) < 4.78 is 6.01. The van der Waals surface area contributed by atoms with E-state index in [1.54, 1.807) is 6.08 Å². The van der Waals surface area contributed by atoms with E-state index in [2.05, 4.69) is 13.8 Å². The largest absolute Gasteiger partial charge is 0.458 e. The van der Waals surface area contributed by atoms with E-state index >= 15 is 0 Å². The number of rotatable bonds is 4. The number of carbonyl (C=O) groups excluding carboxylic acids is 1. The van der Waals surface area contributed by atoms with E-state index in [0.29, 0.717) is 18.8 Å². The molecule has 154 valence electrons. The van der Waals surface area contributed by atoms with E-state index in [1.165, 1.54) is 6.08 Å². The lowest BCUT2D eigenvalue weighted by Gasteiger charge is -2.59. The topological polar surface area (TPSA) is 66.8 Å². The van der Waals surface area contributed by atoms with Crippen LogP contribution in [-0.4, -0.2) is 34.0 Å². The molecule has 2 aliphatic rings. The van der Waals surface area contributed by atoms with Crippen molar-refractivity contribution in [2.75, 3.05) is 0 Å². The molecule has 2 N–H and O–H groups in total. The summed E-state index contributed by atoms with van der Waals surface area (Å²) in [4.78, 5) is 12.7. The van der Waals surface area contributed by atoms with Gasteiger partial charge in [-0.05, 0) is 56.1 Å². The van der Waals surface area contributed by atoms with Gasteiger partial charge in [0.05, 0.1) is 11.7 Å². The van der Waals surface area contributed by atoms with Gasteiger partial charge in [-0.15, -0.1) is 0 Å². The second-order valence-corrected chi connectivity index (χ2v) is 9.49. The number of hydrogen-bond acceptors (Lipinski definition) is 4. The molecular weight excluding hydrogens is 352 g/mol. The summed E-state index contributed by atoms with van der Waals surface area (Å²) in [5.74, 6) is -0.169. The lowest BCUT2D eigenvalue weighted by molar-refractivity contribution is -0.228. The molecule has 1 aromatic rings. The Morgan fingerprint density at radius 3 is 2.50 bits per heavy atom. The van der Waals surface area contributed by atoms with Crippen molar-refractivity contribution in [1.82, 2.24) is 0 Å².